The van der Waals surface area contributed by atoms with Crippen molar-refractivity contribution in [2.24, 2.45) is 0 Å². The molecule has 8 nitrogen and oxygen atoms in total. The number of nitrogens with zero attached hydrogens (tertiary/aromatic N) is 3. The molecule has 33 heavy (non-hydrogen) atoms. The van der Waals surface area contributed by atoms with Gasteiger partial charge in [-0.25, -0.2) is 14.8 Å². The number of aromatic nitrogens is 3. The smallest absolute Gasteiger partial charge is 0.338 e. The van der Waals surface area contributed by atoms with Gasteiger partial charge in [-0.2, -0.15) is 0 Å². The summed E-state index contributed by atoms with van der Waals surface area (Å²) in [7, 11) is 0. The molecule has 4 aromatic rings. The fourth-order valence-electron chi connectivity index (χ4n) is 3.57. The lowest BCUT2D eigenvalue weighted by atomic mass is 10.2. The molecule has 1 amide bonds. The molecule has 0 saturated carbocycles. The molecule has 3 N–H and O–H groups in total. The first-order valence-electron chi connectivity index (χ1n) is 11.1. The third-order valence-corrected chi connectivity index (χ3v) is 5.51. The number of carbonyl (C=O) groups is 2. The summed E-state index contributed by atoms with van der Waals surface area (Å²) >= 11 is 0. The van der Waals surface area contributed by atoms with E-state index >= 15 is 0 Å². The first kappa shape index (κ1) is 22.3. The Kier molecular flexibility index (Phi) is 6.26. The Bertz CT molecular complexity index is 1330. The summed E-state index contributed by atoms with van der Waals surface area (Å²) in [6, 6.07) is 14.3. The fourth-order valence-corrected chi connectivity index (χ4v) is 3.57. The van der Waals surface area contributed by atoms with Crippen LogP contribution in [0, 0.1) is 0 Å². The van der Waals surface area contributed by atoms with Gasteiger partial charge in [-0.05, 0) is 56.2 Å². The predicted molar refractivity (Wildman–Crippen MR) is 129 cm³/mol. The van der Waals surface area contributed by atoms with Crippen LogP contribution in [-0.2, 0) is 4.74 Å². The van der Waals surface area contributed by atoms with Crippen LogP contribution in [0.25, 0.3) is 27.9 Å². The van der Waals surface area contributed by atoms with Crippen molar-refractivity contribution in [2.45, 2.75) is 39.7 Å². The summed E-state index contributed by atoms with van der Waals surface area (Å²) in [6.45, 7) is 6.24. The first-order valence-corrected chi connectivity index (χ1v) is 11.1. The molecule has 0 unspecified atom stereocenters. The van der Waals surface area contributed by atoms with Crippen LogP contribution in [0.4, 0.5) is 5.82 Å². The molecule has 2 heterocycles. The van der Waals surface area contributed by atoms with Gasteiger partial charge in [0.2, 0.25) is 0 Å². The van der Waals surface area contributed by atoms with Crippen molar-refractivity contribution in [1.29, 1.82) is 0 Å². The standard InChI is InChI=1S/C25H27N5O3/c1-4-14-33-25(32)16-10-12-17(13-11-16)30-22(26)20(24(31)27-15(3)5-2)21-23(30)29-19-9-7-6-8-18(19)28-21/h6-13,15H,4-5,14,26H2,1-3H3,(H,27,31)/t15-/m0/s1. The summed E-state index contributed by atoms with van der Waals surface area (Å²) in [5, 5.41) is 2.97. The topological polar surface area (TPSA) is 112 Å². The molecule has 2 aromatic carbocycles. The third-order valence-electron chi connectivity index (χ3n) is 5.51. The fraction of sp³-hybridized carbons (Fsp3) is 0.280. The minimum atomic E-state index is -0.381. The van der Waals surface area contributed by atoms with Crippen molar-refractivity contribution < 1.29 is 14.3 Å². The van der Waals surface area contributed by atoms with Crippen LogP contribution in [0.2, 0.25) is 0 Å². The van der Waals surface area contributed by atoms with Gasteiger partial charge >= 0.3 is 5.97 Å². The highest BCUT2D eigenvalue weighted by Crippen LogP contribution is 2.31. The third kappa shape index (κ3) is 4.24. The van der Waals surface area contributed by atoms with E-state index in [1.54, 1.807) is 28.8 Å². The second kappa shape index (κ2) is 9.28. The average molecular weight is 446 g/mol. The zero-order valence-electron chi connectivity index (χ0n) is 19.0. The molecule has 2 aromatic heterocycles. The largest absolute Gasteiger partial charge is 0.462 e. The maximum atomic E-state index is 13.1. The number of fused-ring (bicyclic) bond motifs is 2. The molecule has 0 saturated heterocycles. The van der Waals surface area contributed by atoms with Crippen LogP contribution >= 0.6 is 0 Å². The number of hydrogen-bond donors (Lipinski definition) is 2. The molecule has 0 radical (unpaired) electrons. The minimum absolute atomic E-state index is 0.0165. The van der Waals surface area contributed by atoms with E-state index in [1.165, 1.54) is 0 Å². The molecule has 0 aliphatic carbocycles. The SMILES string of the molecule is CCCOC(=O)c1ccc(-n2c(N)c(C(=O)N[C@@H](C)CC)c3nc4ccccc4nc32)cc1. The molecule has 0 spiro atoms. The zero-order valence-corrected chi connectivity index (χ0v) is 19.0. The van der Waals surface area contributed by atoms with Gasteiger partial charge < -0.3 is 15.8 Å². The van der Waals surface area contributed by atoms with Crippen molar-refractivity contribution >= 4 is 39.9 Å². The van der Waals surface area contributed by atoms with E-state index < -0.39 is 0 Å². The van der Waals surface area contributed by atoms with E-state index in [9.17, 15) is 9.59 Å². The number of rotatable bonds is 7. The molecule has 0 bridgehead atoms. The van der Waals surface area contributed by atoms with Crippen molar-refractivity contribution in [2.75, 3.05) is 12.3 Å². The molecular weight excluding hydrogens is 418 g/mol. The van der Waals surface area contributed by atoms with Crippen molar-refractivity contribution in [3.8, 4) is 5.69 Å². The number of anilines is 1. The number of ether oxygens (including phenoxy) is 1. The minimum Gasteiger partial charge on any atom is -0.462 e. The Balaban J connectivity index is 1.87. The number of para-hydroxylation sites is 2. The normalized spacial score (nSPS) is 12.1. The summed E-state index contributed by atoms with van der Waals surface area (Å²) in [5.41, 5.74) is 10.2. The van der Waals surface area contributed by atoms with E-state index in [1.807, 2.05) is 45.0 Å². The van der Waals surface area contributed by atoms with Gasteiger partial charge in [0.05, 0.1) is 23.2 Å². The van der Waals surface area contributed by atoms with Gasteiger partial charge in [0.25, 0.3) is 5.91 Å². The Labute approximate surface area is 191 Å². The summed E-state index contributed by atoms with van der Waals surface area (Å²) in [6.07, 6.45) is 1.54. The number of nitrogens with two attached hydrogens (primary N) is 1. The van der Waals surface area contributed by atoms with E-state index in [0.29, 0.717) is 40.1 Å². The van der Waals surface area contributed by atoms with Gasteiger partial charge in [-0.3, -0.25) is 9.36 Å². The highest BCUT2D eigenvalue weighted by Gasteiger charge is 2.25. The second-order valence-electron chi connectivity index (χ2n) is 7.95. The highest BCUT2D eigenvalue weighted by atomic mass is 16.5. The zero-order chi connectivity index (χ0) is 23.5. The highest BCUT2D eigenvalue weighted by molar-refractivity contribution is 6.11. The number of esters is 1. The number of nitrogens with one attached hydrogen (secondary N) is 1. The number of carbonyl (C=O) groups excluding carboxylic acids is 2. The number of amides is 1. The molecule has 0 fully saturated rings. The van der Waals surface area contributed by atoms with Crippen molar-refractivity contribution in [3.63, 3.8) is 0 Å². The van der Waals surface area contributed by atoms with Crippen LogP contribution in [0.15, 0.2) is 48.5 Å². The monoisotopic (exact) mass is 445 g/mol. The summed E-state index contributed by atoms with van der Waals surface area (Å²) in [4.78, 5) is 34.8. The van der Waals surface area contributed by atoms with Gasteiger partial charge in [0.1, 0.15) is 16.9 Å². The maximum absolute atomic E-state index is 13.1. The average Bonchev–Trinajstić information content (AvgIpc) is 3.11. The van der Waals surface area contributed by atoms with Gasteiger partial charge in [0.15, 0.2) is 5.65 Å². The van der Waals surface area contributed by atoms with E-state index in [2.05, 4.69) is 5.32 Å². The predicted octanol–water partition coefficient (Wildman–Crippen LogP) is 4.25. The van der Waals surface area contributed by atoms with Crippen LogP contribution in [-0.4, -0.2) is 39.1 Å². The molecule has 8 heteroatoms. The number of nitrogen functional groups attached to an aromatic ring is 1. The van der Waals surface area contributed by atoms with Crippen LogP contribution in [0.1, 0.15) is 54.3 Å². The Hall–Kier alpha value is -3.94. The van der Waals surface area contributed by atoms with E-state index in [0.717, 1.165) is 12.8 Å². The van der Waals surface area contributed by atoms with E-state index in [-0.39, 0.29) is 29.3 Å². The lowest BCUT2D eigenvalue weighted by Gasteiger charge is -2.12. The second-order valence-corrected chi connectivity index (χ2v) is 7.95. The van der Waals surface area contributed by atoms with Gasteiger partial charge in [-0.15, -0.1) is 0 Å². The van der Waals surface area contributed by atoms with Crippen LogP contribution < -0.4 is 11.1 Å². The summed E-state index contributed by atoms with van der Waals surface area (Å²) < 4.78 is 6.90. The molecule has 170 valence electrons. The Morgan fingerprint density at radius 3 is 2.36 bits per heavy atom. The lowest BCUT2D eigenvalue weighted by Crippen LogP contribution is -2.32. The van der Waals surface area contributed by atoms with Crippen LogP contribution in [0.5, 0.6) is 0 Å². The molecule has 4 rings (SSSR count). The summed E-state index contributed by atoms with van der Waals surface area (Å²) in [5.74, 6) is -0.439. The Morgan fingerprint density at radius 2 is 1.73 bits per heavy atom. The van der Waals surface area contributed by atoms with Gasteiger partial charge in [-0.1, -0.05) is 26.0 Å². The molecular formula is C25H27N5O3. The van der Waals surface area contributed by atoms with Crippen molar-refractivity contribution in [1.82, 2.24) is 19.9 Å². The van der Waals surface area contributed by atoms with Crippen molar-refractivity contribution in [3.05, 3.63) is 59.7 Å². The quantitative estimate of drug-likeness (QED) is 0.411. The van der Waals surface area contributed by atoms with E-state index in [4.69, 9.17) is 20.4 Å². The lowest BCUT2D eigenvalue weighted by molar-refractivity contribution is 0.0505. The molecule has 0 aliphatic rings. The maximum Gasteiger partial charge on any atom is 0.338 e. The Morgan fingerprint density at radius 1 is 1.06 bits per heavy atom. The van der Waals surface area contributed by atoms with Gasteiger partial charge in [0, 0.05) is 11.7 Å². The molecule has 0 aliphatic heterocycles. The van der Waals surface area contributed by atoms with Crippen LogP contribution in [0.3, 0.4) is 0 Å². The molecule has 1 atom stereocenters. The first-order chi connectivity index (χ1) is 15.9. The number of benzene rings is 2. The number of hydrogen-bond acceptors (Lipinski definition) is 6.